The summed E-state index contributed by atoms with van der Waals surface area (Å²) >= 11 is 0. The van der Waals surface area contributed by atoms with Crippen LogP contribution in [0.1, 0.15) is 19.8 Å². The first kappa shape index (κ1) is 10.9. The van der Waals surface area contributed by atoms with Crippen molar-refractivity contribution < 1.29 is 4.79 Å². The number of nitrogens with one attached hydrogen (secondary N) is 1. The highest BCUT2D eigenvalue weighted by Gasteiger charge is 2.33. The van der Waals surface area contributed by atoms with E-state index in [1.54, 1.807) is 0 Å². The zero-order valence-electron chi connectivity index (χ0n) is 9.54. The molecule has 0 bridgehead atoms. The molecule has 1 N–H and O–H groups in total. The maximum Gasteiger partial charge on any atom is 0.222 e. The summed E-state index contributed by atoms with van der Waals surface area (Å²) in [5, 5.41) is 3.40. The van der Waals surface area contributed by atoms with Crippen molar-refractivity contribution in [3.8, 4) is 0 Å². The molecule has 0 aromatic rings. The first-order valence-electron chi connectivity index (χ1n) is 6.04. The van der Waals surface area contributed by atoms with Gasteiger partial charge >= 0.3 is 0 Å². The van der Waals surface area contributed by atoms with Crippen LogP contribution in [0, 0.1) is 0 Å². The van der Waals surface area contributed by atoms with Crippen LogP contribution in [0.2, 0.25) is 0 Å². The summed E-state index contributed by atoms with van der Waals surface area (Å²) in [6.07, 6.45) is 1.88. The Morgan fingerprint density at radius 3 is 2.87 bits per heavy atom. The van der Waals surface area contributed by atoms with Crippen LogP contribution in [-0.2, 0) is 4.79 Å². The van der Waals surface area contributed by atoms with Gasteiger partial charge in [-0.05, 0) is 19.5 Å². The Morgan fingerprint density at radius 1 is 1.33 bits per heavy atom. The van der Waals surface area contributed by atoms with Gasteiger partial charge in [0.2, 0.25) is 5.91 Å². The van der Waals surface area contributed by atoms with E-state index in [4.69, 9.17) is 0 Å². The molecule has 2 saturated heterocycles. The molecule has 0 spiro atoms. The quantitative estimate of drug-likeness (QED) is 0.693. The smallest absolute Gasteiger partial charge is 0.222 e. The Bertz CT molecular complexity index is 218. The van der Waals surface area contributed by atoms with Crippen molar-refractivity contribution in [2.45, 2.75) is 25.8 Å². The van der Waals surface area contributed by atoms with Crippen LogP contribution in [-0.4, -0.2) is 61.0 Å². The molecule has 15 heavy (non-hydrogen) atoms. The monoisotopic (exact) mass is 211 g/mol. The molecule has 2 rings (SSSR count). The van der Waals surface area contributed by atoms with Crippen LogP contribution in [0.15, 0.2) is 0 Å². The fourth-order valence-corrected chi connectivity index (χ4v) is 2.35. The van der Waals surface area contributed by atoms with E-state index >= 15 is 0 Å². The molecule has 2 aliphatic heterocycles. The minimum Gasteiger partial charge on any atom is -0.339 e. The molecule has 0 aromatic heterocycles. The maximum atomic E-state index is 11.4. The predicted molar refractivity (Wildman–Crippen MR) is 59.7 cm³/mol. The van der Waals surface area contributed by atoms with Crippen molar-refractivity contribution in [2.75, 3.05) is 39.3 Å². The largest absolute Gasteiger partial charge is 0.339 e. The number of rotatable bonds is 2. The third-order valence-electron chi connectivity index (χ3n) is 3.41. The summed E-state index contributed by atoms with van der Waals surface area (Å²) < 4.78 is 0. The molecular weight excluding hydrogens is 190 g/mol. The second kappa shape index (κ2) is 4.94. The lowest BCUT2D eigenvalue weighted by Gasteiger charge is -2.45. The Kier molecular flexibility index (Phi) is 3.59. The summed E-state index contributed by atoms with van der Waals surface area (Å²) in [6, 6.07) is 0.625. The van der Waals surface area contributed by atoms with Gasteiger partial charge in [-0.2, -0.15) is 0 Å². The maximum absolute atomic E-state index is 11.4. The van der Waals surface area contributed by atoms with Crippen LogP contribution < -0.4 is 5.32 Å². The summed E-state index contributed by atoms with van der Waals surface area (Å²) in [5.41, 5.74) is 0. The molecule has 2 aliphatic rings. The highest BCUT2D eigenvalue weighted by Crippen LogP contribution is 2.16. The molecule has 0 aromatic carbocycles. The van der Waals surface area contributed by atoms with E-state index in [1.807, 2.05) is 11.8 Å². The lowest BCUT2D eigenvalue weighted by molar-refractivity contribution is -0.138. The number of nitrogens with zero attached hydrogens (tertiary/aromatic N) is 2. The normalized spacial score (nSPS) is 24.7. The summed E-state index contributed by atoms with van der Waals surface area (Å²) in [5.74, 6) is 0.305. The fraction of sp³-hybridized carbons (Fsp3) is 0.909. The van der Waals surface area contributed by atoms with Crippen LogP contribution in [0.25, 0.3) is 0 Å². The standard InChI is InChI=1S/C11H21N3O/c1-2-11(15)14-8-10(9-14)13-6-3-4-12-5-7-13/h10,12H,2-9H2,1H3. The van der Waals surface area contributed by atoms with Crippen LogP contribution >= 0.6 is 0 Å². The van der Waals surface area contributed by atoms with Gasteiger partial charge < -0.3 is 10.2 Å². The van der Waals surface area contributed by atoms with Gasteiger partial charge in [0.15, 0.2) is 0 Å². The summed E-state index contributed by atoms with van der Waals surface area (Å²) in [4.78, 5) is 15.9. The van der Waals surface area contributed by atoms with Crippen molar-refractivity contribution in [1.82, 2.24) is 15.1 Å². The zero-order valence-corrected chi connectivity index (χ0v) is 9.54. The highest BCUT2D eigenvalue weighted by atomic mass is 16.2. The molecule has 0 saturated carbocycles. The third kappa shape index (κ3) is 2.49. The van der Waals surface area contributed by atoms with E-state index < -0.39 is 0 Å². The Morgan fingerprint density at radius 2 is 2.13 bits per heavy atom. The van der Waals surface area contributed by atoms with E-state index in [0.717, 1.165) is 32.7 Å². The van der Waals surface area contributed by atoms with Crippen molar-refractivity contribution in [3.05, 3.63) is 0 Å². The molecular formula is C11H21N3O. The lowest BCUT2D eigenvalue weighted by Crippen LogP contribution is -2.61. The number of amides is 1. The van der Waals surface area contributed by atoms with Crippen LogP contribution in [0.4, 0.5) is 0 Å². The summed E-state index contributed by atoms with van der Waals surface area (Å²) in [7, 11) is 0. The first-order valence-corrected chi connectivity index (χ1v) is 6.04. The molecule has 0 unspecified atom stereocenters. The molecule has 86 valence electrons. The van der Waals surface area contributed by atoms with Gasteiger partial charge in [-0.1, -0.05) is 6.92 Å². The van der Waals surface area contributed by atoms with Gasteiger partial charge in [0, 0.05) is 38.6 Å². The Balaban J connectivity index is 1.75. The van der Waals surface area contributed by atoms with Gasteiger partial charge in [-0.15, -0.1) is 0 Å². The predicted octanol–water partition coefficient (Wildman–Crippen LogP) is -0.0975. The molecule has 0 aliphatic carbocycles. The number of hydrogen-bond acceptors (Lipinski definition) is 3. The van der Waals surface area contributed by atoms with E-state index in [2.05, 4.69) is 10.2 Å². The number of hydrogen-bond donors (Lipinski definition) is 1. The topological polar surface area (TPSA) is 35.6 Å². The van der Waals surface area contributed by atoms with Crippen molar-refractivity contribution in [1.29, 1.82) is 0 Å². The van der Waals surface area contributed by atoms with E-state index in [0.29, 0.717) is 18.4 Å². The second-order valence-electron chi connectivity index (χ2n) is 4.45. The average Bonchev–Trinajstić information content (AvgIpc) is 2.44. The average molecular weight is 211 g/mol. The van der Waals surface area contributed by atoms with Crippen molar-refractivity contribution in [2.24, 2.45) is 0 Å². The first-order chi connectivity index (χ1) is 7.31. The molecule has 1 amide bonds. The Labute approximate surface area is 91.6 Å². The Hall–Kier alpha value is -0.610. The zero-order chi connectivity index (χ0) is 10.7. The SMILES string of the molecule is CCC(=O)N1CC(N2CCCNCC2)C1. The molecule has 2 heterocycles. The van der Waals surface area contributed by atoms with Crippen LogP contribution in [0.3, 0.4) is 0 Å². The number of carbonyl (C=O) groups excluding carboxylic acids is 1. The lowest BCUT2D eigenvalue weighted by atomic mass is 10.1. The van der Waals surface area contributed by atoms with E-state index in [9.17, 15) is 4.79 Å². The van der Waals surface area contributed by atoms with Crippen LogP contribution in [0.5, 0.6) is 0 Å². The molecule has 4 heteroatoms. The van der Waals surface area contributed by atoms with Gasteiger partial charge in [-0.3, -0.25) is 9.69 Å². The second-order valence-corrected chi connectivity index (χ2v) is 4.45. The van der Waals surface area contributed by atoms with Crippen molar-refractivity contribution >= 4 is 5.91 Å². The van der Waals surface area contributed by atoms with Gasteiger partial charge in [-0.25, -0.2) is 0 Å². The molecule has 0 atom stereocenters. The molecule has 2 fully saturated rings. The minimum atomic E-state index is 0.305. The number of likely N-dealkylation sites (tertiary alicyclic amines) is 1. The fourth-order valence-electron chi connectivity index (χ4n) is 2.35. The van der Waals surface area contributed by atoms with E-state index in [1.165, 1.54) is 13.0 Å². The van der Waals surface area contributed by atoms with Gasteiger partial charge in [0.05, 0.1) is 0 Å². The number of carbonyl (C=O) groups is 1. The molecule has 0 radical (unpaired) electrons. The minimum absolute atomic E-state index is 0.305. The van der Waals surface area contributed by atoms with Gasteiger partial charge in [0.25, 0.3) is 0 Å². The molecule has 4 nitrogen and oxygen atoms in total. The van der Waals surface area contributed by atoms with E-state index in [-0.39, 0.29) is 0 Å². The third-order valence-corrected chi connectivity index (χ3v) is 3.41. The highest BCUT2D eigenvalue weighted by molar-refractivity contribution is 5.76. The van der Waals surface area contributed by atoms with Gasteiger partial charge in [0.1, 0.15) is 0 Å². The summed E-state index contributed by atoms with van der Waals surface area (Å²) in [6.45, 7) is 8.40. The van der Waals surface area contributed by atoms with Crippen molar-refractivity contribution in [3.63, 3.8) is 0 Å².